The molecule has 0 aliphatic heterocycles. The number of Topliss-reactive ketones (excluding diaryl/α,β-unsaturated/α-hetero) is 1. The fraction of sp³-hybridized carbons (Fsp3) is 0.120. The Hall–Kier alpha value is -4.04. The van der Waals surface area contributed by atoms with Crippen LogP contribution in [-0.2, 0) is 17.9 Å². The molecule has 33 heavy (non-hydrogen) atoms. The minimum atomic E-state index is -0.500. The summed E-state index contributed by atoms with van der Waals surface area (Å²) in [6, 6.07) is 16.9. The lowest BCUT2D eigenvalue weighted by Crippen LogP contribution is -2.24. The number of aromatic nitrogens is 3. The second kappa shape index (κ2) is 8.48. The Morgan fingerprint density at radius 3 is 2.67 bits per heavy atom. The molecule has 5 aromatic rings. The maximum absolute atomic E-state index is 13.2. The number of aromatic amines is 1. The highest BCUT2D eigenvalue weighted by Crippen LogP contribution is 2.28. The van der Waals surface area contributed by atoms with Crippen molar-refractivity contribution in [1.29, 1.82) is 0 Å². The molecule has 1 N–H and O–H groups in total. The largest absolute Gasteiger partial charge is 0.457 e. The molecular formula is C25H19N3O4S. The van der Waals surface area contributed by atoms with E-state index in [-0.39, 0.29) is 24.5 Å². The van der Waals surface area contributed by atoms with Crippen LogP contribution < -0.4 is 5.56 Å². The number of carbonyl (C=O) groups excluding carboxylic acids is 2. The van der Waals surface area contributed by atoms with Gasteiger partial charge in [-0.2, -0.15) is 0 Å². The van der Waals surface area contributed by atoms with Gasteiger partial charge in [0, 0.05) is 22.7 Å². The predicted molar refractivity (Wildman–Crippen MR) is 127 cm³/mol. The van der Waals surface area contributed by atoms with Gasteiger partial charge < -0.3 is 9.72 Å². The van der Waals surface area contributed by atoms with Crippen molar-refractivity contribution < 1.29 is 14.3 Å². The molecule has 0 atom stereocenters. The van der Waals surface area contributed by atoms with Crippen molar-refractivity contribution in [1.82, 2.24) is 14.5 Å². The third kappa shape index (κ3) is 3.85. The first-order chi connectivity index (χ1) is 16.0. The number of para-hydroxylation sites is 1. The van der Waals surface area contributed by atoms with E-state index in [1.165, 1.54) is 10.9 Å². The van der Waals surface area contributed by atoms with E-state index in [2.05, 4.69) is 9.97 Å². The second-order valence-electron chi connectivity index (χ2n) is 7.65. The van der Waals surface area contributed by atoms with Gasteiger partial charge in [-0.05, 0) is 24.1 Å². The molecule has 5 rings (SSSR count). The highest BCUT2D eigenvalue weighted by Gasteiger charge is 2.22. The van der Waals surface area contributed by atoms with Gasteiger partial charge in [0.05, 0.1) is 18.3 Å². The summed E-state index contributed by atoms with van der Waals surface area (Å²) in [6.45, 7) is 1.70. The highest BCUT2D eigenvalue weighted by molar-refractivity contribution is 7.20. The van der Waals surface area contributed by atoms with Gasteiger partial charge >= 0.3 is 5.97 Å². The summed E-state index contributed by atoms with van der Waals surface area (Å²) in [4.78, 5) is 46.9. The monoisotopic (exact) mass is 457 g/mol. The quantitative estimate of drug-likeness (QED) is 0.300. The van der Waals surface area contributed by atoms with Gasteiger partial charge in [-0.25, -0.2) is 9.78 Å². The molecule has 7 nitrogen and oxygen atoms in total. The topological polar surface area (TPSA) is 94.0 Å². The Kier molecular flexibility index (Phi) is 5.35. The fourth-order valence-electron chi connectivity index (χ4n) is 3.80. The smallest absolute Gasteiger partial charge is 0.349 e. The van der Waals surface area contributed by atoms with Gasteiger partial charge in [-0.15, -0.1) is 11.3 Å². The van der Waals surface area contributed by atoms with Crippen LogP contribution >= 0.6 is 11.3 Å². The lowest BCUT2D eigenvalue weighted by molar-refractivity contribution is 0.0477. The summed E-state index contributed by atoms with van der Waals surface area (Å²) in [5.41, 5.74) is 2.41. The van der Waals surface area contributed by atoms with Crippen molar-refractivity contribution >= 4 is 44.2 Å². The molecule has 0 radical (unpaired) electrons. The molecule has 0 fully saturated rings. The van der Waals surface area contributed by atoms with Crippen LogP contribution in [0.4, 0.5) is 0 Å². The van der Waals surface area contributed by atoms with Crippen LogP contribution in [0.5, 0.6) is 0 Å². The summed E-state index contributed by atoms with van der Waals surface area (Å²) < 4.78 is 6.71. The molecule has 0 aliphatic rings. The third-order valence-corrected chi connectivity index (χ3v) is 6.70. The van der Waals surface area contributed by atoms with Crippen molar-refractivity contribution in [2.75, 3.05) is 0 Å². The molecule has 0 bridgehead atoms. The summed E-state index contributed by atoms with van der Waals surface area (Å²) in [5.74, 6) is -0.703. The molecule has 0 spiro atoms. The highest BCUT2D eigenvalue weighted by atomic mass is 32.1. The minimum Gasteiger partial charge on any atom is -0.457 e. The Morgan fingerprint density at radius 1 is 1.09 bits per heavy atom. The van der Waals surface area contributed by atoms with Crippen LogP contribution in [0.1, 0.15) is 31.2 Å². The first kappa shape index (κ1) is 20.8. The average Bonchev–Trinajstić information content (AvgIpc) is 3.42. The summed E-state index contributed by atoms with van der Waals surface area (Å²) in [5, 5.41) is 1.14. The molecule has 3 aromatic heterocycles. The molecule has 0 saturated heterocycles. The minimum absolute atomic E-state index is 0.143. The predicted octanol–water partition coefficient (Wildman–Crippen LogP) is 4.49. The van der Waals surface area contributed by atoms with Gasteiger partial charge in [0.1, 0.15) is 16.3 Å². The zero-order valence-corrected chi connectivity index (χ0v) is 18.5. The van der Waals surface area contributed by atoms with Crippen LogP contribution in [0.3, 0.4) is 0 Å². The fourth-order valence-corrected chi connectivity index (χ4v) is 4.83. The van der Waals surface area contributed by atoms with Crippen LogP contribution in [-0.4, -0.2) is 26.3 Å². The first-order valence-electron chi connectivity index (χ1n) is 10.3. The Bertz CT molecular complexity index is 1560. The molecule has 0 amide bonds. The van der Waals surface area contributed by atoms with E-state index < -0.39 is 5.97 Å². The van der Waals surface area contributed by atoms with Crippen molar-refractivity contribution in [2.24, 2.45) is 0 Å². The Balaban J connectivity index is 1.42. The third-order valence-electron chi connectivity index (χ3n) is 5.52. The molecule has 164 valence electrons. The Labute approximate surface area is 192 Å². The number of benzene rings is 2. The van der Waals surface area contributed by atoms with Crippen molar-refractivity contribution in [3.8, 4) is 0 Å². The zero-order chi connectivity index (χ0) is 22.9. The average molecular weight is 458 g/mol. The van der Waals surface area contributed by atoms with E-state index in [0.29, 0.717) is 26.2 Å². The number of nitrogens with one attached hydrogen (secondary N) is 1. The maximum Gasteiger partial charge on any atom is 0.349 e. The number of esters is 1. The van der Waals surface area contributed by atoms with Crippen molar-refractivity contribution in [3.05, 3.63) is 99.0 Å². The molecule has 0 unspecified atom stereocenters. The number of nitrogens with zero attached hydrogens (tertiary/aromatic N) is 2. The maximum atomic E-state index is 13.2. The molecule has 2 aromatic carbocycles. The SMILES string of the molecule is Cc1c(C(=O)OCc2ccccc2)sc2ncn(CC(=O)c3c[nH]c4ccccc34)c(=O)c12. The number of carbonyl (C=O) groups is 2. The normalized spacial score (nSPS) is 11.2. The van der Waals surface area contributed by atoms with Gasteiger partial charge in [-0.3, -0.25) is 14.2 Å². The van der Waals surface area contributed by atoms with Gasteiger partial charge in [0.25, 0.3) is 5.56 Å². The molecular weight excluding hydrogens is 438 g/mol. The van der Waals surface area contributed by atoms with E-state index in [4.69, 9.17) is 4.74 Å². The number of hydrogen-bond acceptors (Lipinski definition) is 6. The number of fused-ring (bicyclic) bond motifs is 2. The number of aryl methyl sites for hydroxylation is 1. The van der Waals surface area contributed by atoms with Crippen molar-refractivity contribution in [3.63, 3.8) is 0 Å². The summed E-state index contributed by atoms with van der Waals surface area (Å²) in [7, 11) is 0. The van der Waals surface area contributed by atoms with E-state index >= 15 is 0 Å². The van der Waals surface area contributed by atoms with Crippen LogP contribution in [0.2, 0.25) is 0 Å². The van der Waals surface area contributed by atoms with E-state index in [1.54, 1.807) is 13.1 Å². The standard InChI is InChI=1S/C25H19N3O4S/c1-15-21-23(33-22(15)25(31)32-13-16-7-3-2-4-8-16)27-14-28(24(21)30)12-20(29)18-11-26-19-10-6-5-9-17(18)19/h2-11,14,26H,12-13H2,1H3. The number of thiophene rings is 1. The summed E-state index contributed by atoms with van der Waals surface area (Å²) in [6.07, 6.45) is 3.01. The number of ether oxygens (including phenoxy) is 1. The summed E-state index contributed by atoms with van der Waals surface area (Å²) >= 11 is 1.12. The van der Waals surface area contributed by atoms with Gasteiger partial charge in [0.15, 0.2) is 5.78 Å². The van der Waals surface area contributed by atoms with Gasteiger partial charge in [-0.1, -0.05) is 48.5 Å². The number of ketones is 1. The van der Waals surface area contributed by atoms with Gasteiger partial charge in [0.2, 0.25) is 0 Å². The van der Waals surface area contributed by atoms with Crippen molar-refractivity contribution in [2.45, 2.75) is 20.1 Å². The lowest BCUT2D eigenvalue weighted by Gasteiger charge is -2.05. The number of hydrogen-bond donors (Lipinski definition) is 1. The molecule has 8 heteroatoms. The number of H-pyrrole nitrogens is 1. The number of rotatable bonds is 6. The molecule has 3 heterocycles. The second-order valence-corrected chi connectivity index (χ2v) is 8.65. The molecule has 0 saturated carbocycles. The Morgan fingerprint density at radius 2 is 1.85 bits per heavy atom. The zero-order valence-electron chi connectivity index (χ0n) is 17.7. The lowest BCUT2D eigenvalue weighted by atomic mass is 10.1. The molecule has 0 aliphatic carbocycles. The first-order valence-corrected chi connectivity index (χ1v) is 11.1. The van der Waals surface area contributed by atoms with E-state index in [0.717, 1.165) is 27.8 Å². The van der Waals surface area contributed by atoms with Crippen LogP contribution in [0.25, 0.3) is 21.1 Å². The van der Waals surface area contributed by atoms with Crippen LogP contribution in [0.15, 0.2) is 71.9 Å². The van der Waals surface area contributed by atoms with E-state index in [9.17, 15) is 14.4 Å². The van der Waals surface area contributed by atoms with E-state index in [1.807, 2.05) is 54.6 Å². The van der Waals surface area contributed by atoms with Crippen LogP contribution in [0, 0.1) is 6.92 Å².